The summed E-state index contributed by atoms with van der Waals surface area (Å²) in [6, 6.07) is -1.80. The summed E-state index contributed by atoms with van der Waals surface area (Å²) >= 11 is 0. The van der Waals surface area contributed by atoms with Gasteiger partial charge < -0.3 is 86.2 Å². The first-order chi connectivity index (χ1) is 32.2. The van der Waals surface area contributed by atoms with Gasteiger partial charge in [0.15, 0.2) is 12.1 Å². The molecule has 3 aliphatic heterocycles. The molecule has 0 spiro atoms. The van der Waals surface area contributed by atoms with Crippen molar-refractivity contribution in [3.8, 4) is 0 Å². The second-order valence-corrected chi connectivity index (χ2v) is 18.2. The SMILES string of the molecule is CCC(CO)NC(=O)[C@H]1[C@@H]2CC(O[C@@H]3OC[C@@H](O)[C@H](N)[C@@H]3O)/C=C/C=C/C=C/C=C/C=C/C=C/C=C/[C@H](C)[C@@H](O)C[C@H](C)OC(=O)CC(O)CC(O)CCC(O)C(O)CC(O)CC(O)(C[C@@H]1O)O2. The molecule has 18 atom stereocenters. The fourth-order valence-electron chi connectivity index (χ4n) is 8.08. The Morgan fingerprint density at radius 3 is 1.96 bits per heavy atom. The van der Waals surface area contributed by atoms with Crippen LogP contribution < -0.4 is 11.1 Å². The van der Waals surface area contributed by atoms with E-state index in [4.69, 9.17) is 24.7 Å². The highest BCUT2D eigenvalue weighted by Crippen LogP contribution is 2.38. The van der Waals surface area contributed by atoms with Crippen molar-refractivity contribution >= 4 is 11.9 Å². The lowest BCUT2D eigenvalue weighted by atomic mass is 9.82. The molecule has 3 rings (SSSR count). The van der Waals surface area contributed by atoms with Crippen molar-refractivity contribution in [2.24, 2.45) is 17.6 Å². The summed E-state index contributed by atoms with van der Waals surface area (Å²) in [5.41, 5.74) is 6.00. The van der Waals surface area contributed by atoms with E-state index in [1.165, 1.54) is 0 Å². The first-order valence-corrected chi connectivity index (χ1v) is 23.6. The van der Waals surface area contributed by atoms with E-state index in [2.05, 4.69) is 5.32 Å². The third-order valence-electron chi connectivity index (χ3n) is 12.1. The Hall–Kier alpha value is -3.48. The van der Waals surface area contributed by atoms with Crippen LogP contribution >= 0.6 is 0 Å². The van der Waals surface area contributed by atoms with Crippen molar-refractivity contribution in [2.75, 3.05) is 13.2 Å². The molecule has 2 bridgehead atoms. The Balaban J connectivity index is 1.91. The quantitative estimate of drug-likeness (QED) is 0.154. The van der Waals surface area contributed by atoms with Gasteiger partial charge >= 0.3 is 5.97 Å². The summed E-state index contributed by atoms with van der Waals surface area (Å²) in [5, 5.41) is 121. The number of nitrogens with two attached hydrogens (primary N) is 1. The summed E-state index contributed by atoms with van der Waals surface area (Å²) in [6.07, 6.45) is 5.64. The molecule has 14 N–H and O–H groups in total. The van der Waals surface area contributed by atoms with Gasteiger partial charge in [-0.25, -0.2) is 0 Å². The highest BCUT2D eigenvalue weighted by atomic mass is 16.7. The lowest BCUT2D eigenvalue weighted by molar-refractivity contribution is -0.304. The molecule has 0 aromatic carbocycles. The van der Waals surface area contributed by atoms with E-state index in [1.54, 1.807) is 74.6 Å². The van der Waals surface area contributed by atoms with Crippen LogP contribution in [0.1, 0.15) is 85.0 Å². The van der Waals surface area contributed by atoms with Gasteiger partial charge in [0, 0.05) is 38.0 Å². The molecule has 3 aliphatic rings. The zero-order valence-corrected chi connectivity index (χ0v) is 39.3. The van der Waals surface area contributed by atoms with E-state index in [-0.39, 0.29) is 44.6 Å². The molecule has 0 aliphatic carbocycles. The third kappa shape index (κ3) is 20.9. The molecule has 386 valence electrons. The van der Waals surface area contributed by atoms with Crippen molar-refractivity contribution in [1.29, 1.82) is 0 Å². The molecule has 3 heterocycles. The van der Waals surface area contributed by atoms with Gasteiger partial charge in [-0.05, 0) is 32.6 Å². The van der Waals surface area contributed by atoms with Crippen molar-refractivity contribution in [3.05, 3.63) is 85.1 Å². The number of allylic oxidation sites excluding steroid dienone is 12. The van der Waals surface area contributed by atoms with Crippen LogP contribution in [-0.2, 0) is 28.5 Å². The van der Waals surface area contributed by atoms with Gasteiger partial charge in [-0.2, -0.15) is 0 Å². The maximum absolute atomic E-state index is 13.8. The second kappa shape index (κ2) is 30.3. The Morgan fingerprint density at radius 1 is 0.750 bits per heavy atom. The minimum Gasteiger partial charge on any atom is -0.462 e. The second-order valence-electron chi connectivity index (χ2n) is 18.2. The minimum absolute atomic E-state index is 0.101. The van der Waals surface area contributed by atoms with Crippen LogP contribution in [0.15, 0.2) is 85.1 Å². The van der Waals surface area contributed by atoms with E-state index in [1.807, 2.05) is 31.2 Å². The Morgan fingerprint density at radius 2 is 1.35 bits per heavy atom. The normalized spacial score (nSPS) is 42.2. The smallest absolute Gasteiger partial charge is 0.308 e. The van der Waals surface area contributed by atoms with E-state index in [0.29, 0.717) is 6.42 Å². The van der Waals surface area contributed by atoms with E-state index in [9.17, 15) is 65.8 Å². The van der Waals surface area contributed by atoms with Crippen LogP contribution in [0, 0.1) is 11.8 Å². The molecular formula is C49H78N2O17. The van der Waals surface area contributed by atoms with Crippen LogP contribution in [0.5, 0.6) is 0 Å². The number of carbonyl (C=O) groups is 2. The van der Waals surface area contributed by atoms with Crippen LogP contribution in [0.3, 0.4) is 0 Å². The number of aliphatic hydroxyl groups is 11. The van der Waals surface area contributed by atoms with Crippen LogP contribution in [-0.4, -0.2) is 179 Å². The number of nitrogens with one attached hydrogen (secondary N) is 1. The Labute approximate surface area is 399 Å². The first kappa shape index (κ1) is 58.8. The number of ether oxygens (including phenoxy) is 4. The zero-order chi connectivity index (χ0) is 50.4. The van der Waals surface area contributed by atoms with Crippen LogP contribution in [0.25, 0.3) is 0 Å². The van der Waals surface area contributed by atoms with Crippen LogP contribution in [0.4, 0.5) is 0 Å². The maximum atomic E-state index is 13.8. The van der Waals surface area contributed by atoms with E-state index >= 15 is 0 Å². The highest BCUT2D eigenvalue weighted by Gasteiger charge is 2.50. The lowest BCUT2D eigenvalue weighted by Crippen LogP contribution is -2.60. The van der Waals surface area contributed by atoms with Crippen molar-refractivity contribution in [1.82, 2.24) is 5.32 Å². The molecule has 8 unspecified atom stereocenters. The van der Waals surface area contributed by atoms with E-state index < -0.39 is 147 Å². The average molecular weight is 967 g/mol. The Kier molecular flexibility index (Phi) is 26.2. The molecule has 0 saturated carbocycles. The summed E-state index contributed by atoms with van der Waals surface area (Å²) in [5.74, 6) is -5.34. The highest BCUT2D eigenvalue weighted by molar-refractivity contribution is 5.80. The van der Waals surface area contributed by atoms with Gasteiger partial charge in [0.1, 0.15) is 12.2 Å². The van der Waals surface area contributed by atoms with Gasteiger partial charge in [-0.1, -0.05) is 98.9 Å². The molecule has 2 fully saturated rings. The summed E-state index contributed by atoms with van der Waals surface area (Å²) in [4.78, 5) is 26.3. The lowest BCUT2D eigenvalue weighted by Gasteiger charge is -2.46. The number of hydrogen-bond donors (Lipinski definition) is 13. The fourth-order valence-corrected chi connectivity index (χ4v) is 8.08. The molecule has 0 aromatic rings. The minimum atomic E-state index is -2.30. The number of amides is 1. The molecule has 68 heavy (non-hydrogen) atoms. The van der Waals surface area contributed by atoms with E-state index in [0.717, 1.165) is 0 Å². The molecule has 2 saturated heterocycles. The average Bonchev–Trinajstić information content (AvgIpc) is 3.26. The van der Waals surface area contributed by atoms with Crippen molar-refractivity contribution in [2.45, 2.75) is 182 Å². The maximum Gasteiger partial charge on any atom is 0.308 e. The van der Waals surface area contributed by atoms with Crippen LogP contribution in [0.2, 0.25) is 0 Å². The van der Waals surface area contributed by atoms with Gasteiger partial charge in [0.2, 0.25) is 5.91 Å². The number of aliphatic hydroxyl groups excluding tert-OH is 10. The largest absolute Gasteiger partial charge is 0.462 e. The van der Waals surface area contributed by atoms with Gasteiger partial charge in [-0.3, -0.25) is 9.59 Å². The first-order valence-electron chi connectivity index (χ1n) is 23.6. The molecule has 1 amide bonds. The summed E-state index contributed by atoms with van der Waals surface area (Å²) in [6.45, 7) is 4.53. The third-order valence-corrected chi connectivity index (χ3v) is 12.1. The number of hydrogen-bond acceptors (Lipinski definition) is 18. The predicted molar refractivity (Wildman–Crippen MR) is 250 cm³/mol. The molecule has 19 nitrogen and oxygen atoms in total. The topological polar surface area (TPSA) is 332 Å². The number of esters is 1. The van der Waals surface area contributed by atoms with Gasteiger partial charge in [-0.15, -0.1) is 0 Å². The predicted octanol–water partition coefficient (Wildman–Crippen LogP) is -0.120. The molecular weight excluding hydrogens is 889 g/mol. The fraction of sp³-hybridized carbons (Fsp3) is 0.673. The summed E-state index contributed by atoms with van der Waals surface area (Å²) < 4.78 is 23.2. The number of cyclic esters (lactones) is 1. The monoisotopic (exact) mass is 967 g/mol. The number of fused-ring (bicyclic) bond motifs is 2. The molecule has 0 aromatic heterocycles. The summed E-state index contributed by atoms with van der Waals surface area (Å²) in [7, 11) is 0. The molecule has 0 radical (unpaired) electrons. The molecule has 19 heteroatoms. The van der Waals surface area contributed by atoms with Crippen molar-refractivity contribution < 1.29 is 84.7 Å². The van der Waals surface area contributed by atoms with Gasteiger partial charge in [0.05, 0.1) is 98.7 Å². The van der Waals surface area contributed by atoms with Gasteiger partial charge in [0.25, 0.3) is 0 Å². The standard InChI is InChI=1S/C49H78N2O17/c1-4-32(28-52)51-47(63)44-40(59)27-49(64)26-35(55)23-39(58)37(56)20-19-33(53)22-34(54)24-43(61)66-31(3)21-38(57)30(2)17-15-13-11-9-7-5-6-8-10-12-14-16-18-36(25-42(44)68-49)67-48-46(62)45(50)41(60)29-65-48/h5-18,30-42,44-46,48,52-60,62,64H,4,19-29,50H2,1-3H3,(H,51,63)/b6-5+,9-7+,10-8+,13-11+,14-12+,17-15+,18-16+/t30-,31-,32?,33?,34?,35?,36?,37?,38-,39?,40-,41+,42-,44+,45-,46-,48-,49?/m0/s1. The zero-order valence-electron chi connectivity index (χ0n) is 39.3. The Bertz CT molecular complexity index is 1700. The number of rotatable bonds is 6. The number of carbonyl (C=O) groups excluding carboxylic acids is 2. The van der Waals surface area contributed by atoms with Crippen molar-refractivity contribution in [3.63, 3.8) is 0 Å².